The lowest BCUT2D eigenvalue weighted by Gasteiger charge is -2.33. The molecule has 0 radical (unpaired) electrons. The molecule has 1 fully saturated rings. The second kappa shape index (κ2) is 13.5. The SMILES string of the molecule is CCCCC(C)n1ncc2c(C(=O)NCc3c(CCC)cc(C)[nH]c3=O)cc(-c3ccnc(N4CCN(C)CC4)c3)cc21. The first-order valence-electron chi connectivity index (χ1n) is 15.7. The Morgan fingerprint density at radius 2 is 1.86 bits per heavy atom. The highest BCUT2D eigenvalue weighted by Crippen LogP contribution is 2.32. The Kier molecular flexibility index (Phi) is 9.60. The molecule has 1 aromatic carbocycles. The summed E-state index contributed by atoms with van der Waals surface area (Å²) in [5.41, 5.74) is 5.72. The Hall–Kier alpha value is -3.98. The van der Waals surface area contributed by atoms with E-state index in [1.807, 2.05) is 31.3 Å². The van der Waals surface area contributed by atoms with Gasteiger partial charge in [0.25, 0.3) is 11.5 Å². The Bertz CT molecular complexity index is 1630. The van der Waals surface area contributed by atoms with Gasteiger partial charge in [-0.1, -0.05) is 33.1 Å². The third kappa shape index (κ3) is 6.82. The Labute approximate surface area is 254 Å². The van der Waals surface area contributed by atoms with Crippen LogP contribution in [0, 0.1) is 6.92 Å². The first-order valence-corrected chi connectivity index (χ1v) is 15.7. The van der Waals surface area contributed by atoms with Crippen molar-refractivity contribution >= 4 is 22.6 Å². The minimum atomic E-state index is -0.219. The molecule has 228 valence electrons. The van der Waals surface area contributed by atoms with Crippen LogP contribution in [0.1, 0.15) is 79.7 Å². The highest BCUT2D eigenvalue weighted by Gasteiger charge is 2.21. The zero-order chi connectivity index (χ0) is 30.5. The molecular weight excluding hydrogens is 538 g/mol. The molecule has 0 aliphatic carbocycles. The molecule has 9 heteroatoms. The number of fused-ring (bicyclic) bond motifs is 1. The fourth-order valence-electron chi connectivity index (χ4n) is 6.01. The number of unbranched alkanes of at least 4 members (excludes halogenated alkanes) is 1. The summed E-state index contributed by atoms with van der Waals surface area (Å²) in [5, 5.41) is 8.63. The number of rotatable bonds is 11. The molecule has 9 nitrogen and oxygen atoms in total. The molecule has 2 N–H and O–H groups in total. The van der Waals surface area contributed by atoms with Crippen LogP contribution in [-0.2, 0) is 13.0 Å². The fourth-order valence-corrected chi connectivity index (χ4v) is 6.01. The van der Waals surface area contributed by atoms with Crippen LogP contribution in [0.3, 0.4) is 0 Å². The molecule has 3 aromatic heterocycles. The molecule has 0 saturated carbocycles. The van der Waals surface area contributed by atoms with E-state index in [4.69, 9.17) is 5.10 Å². The largest absolute Gasteiger partial charge is 0.354 e. The number of amides is 1. The van der Waals surface area contributed by atoms with Crippen molar-refractivity contribution in [3.8, 4) is 11.1 Å². The Balaban J connectivity index is 1.53. The number of H-pyrrole nitrogens is 1. The van der Waals surface area contributed by atoms with E-state index >= 15 is 0 Å². The zero-order valence-electron chi connectivity index (χ0n) is 26.2. The third-order valence-corrected chi connectivity index (χ3v) is 8.57. The van der Waals surface area contributed by atoms with Gasteiger partial charge in [-0.15, -0.1) is 0 Å². The second-order valence-electron chi connectivity index (χ2n) is 11.9. The highest BCUT2D eigenvalue weighted by molar-refractivity contribution is 6.08. The van der Waals surface area contributed by atoms with E-state index in [9.17, 15) is 9.59 Å². The van der Waals surface area contributed by atoms with Gasteiger partial charge >= 0.3 is 0 Å². The molecule has 1 atom stereocenters. The highest BCUT2D eigenvalue weighted by atomic mass is 16.1. The minimum Gasteiger partial charge on any atom is -0.354 e. The predicted octanol–water partition coefficient (Wildman–Crippen LogP) is 5.48. The topological polar surface area (TPSA) is 99.1 Å². The maximum Gasteiger partial charge on any atom is 0.253 e. The molecule has 4 aromatic rings. The smallest absolute Gasteiger partial charge is 0.253 e. The van der Waals surface area contributed by atoms with Crippen molar-refractivity contribution in [1.82, 2.24) is 30.0 Å². The van der Waals surface area contributed by atoms with Crippen LogP contribution < -0.4 is 15.8 Å². The average molecular weight is 584 g/mol. The molecule has 0 bridgehead atoms. The Morgan fingerprint density at radius 1 is 1.07 bits per heavy atom. The van der Waals surface area contributed by atoms with Gasteiger partial charge in [-0.2, -0.15) is 5.10 Å². The number of aromatic nitrogens is 4. The van der Waals surface area contributed by atoms with Gasteiger partial charge in [-0.25, -0.2) is 4.98 Å². The summed E-state index contributed by atoms with van der Waals surface area (Å²) >= 11 is 0. The summed E-state index contributed by atoms with van der Waals surface area (Å²) in [4.78, 5) is 38.9. The number of nitrogens with zero attached hydrogens (tertiary/aromatic N) is 5. The van der Waals surface area contributed by atoms with Gasteiger partial charge < -0.3 is 20.1 Å². The number of likely N-dealkylation sites (N-methyl/N-ethyl adjacent to an activating group) is 1. The summed E-state index contributed by atoms with van der Waals surface area (Å²) in [5.74, 6) is 0.729. The third-order valence-electron chi connectivity index (χ3n) is 8.57. The minimum absolute atomic E-state index is 0.145. The standard InChI is InChI=1S/C34H45N7O2/c1-6-8-10-24(4)41-31-19-27(25-11-12-35-32(20-25)40-15-13-39(5)14-16-40)18-28(30(31)22-37-41)33(42)36-21-29-26(9-7-2)17-23(3)38-34(29)43/h11-12,17-20,22,24H,6-10,13-16,21H2,1-5H3,(H,36,42)(H,38,43). The van der Waals surface area contributed by atoms with Crippen molar-refractivity contribution in [3.63, 3.8) is 0 Å². The molecule has 5 rings (SSSR count). The van der Waals surface area contributed by atoms with E-state index < -0.39 is 0 Å². The maximum atomic E-state index is 13.9. The van der Waals surface area contributed by atoms with Crippen LogP contribution in [0.25, 0.3) is 22.0 Å². The number of anilines is 1. The van der Waals surface area contributed by atoms with Crippen LogP contribution in [0.4, 0.5) is 5.82 Å². The van der Waals surface area contributed by atoms with Crippen LogP contribution >= 0.6 is 0 Å². The number of carbonyl (C=O) groups is 1. The lowest BCUT2D eigenvalue weighted by Crippen LogP contribution is -2.44. The van der Waals surface area contributed by atoms with Gasteiger partial charge in [0.2, 0.25) is 0 Å². The zero-order valence-corrected chi connectivity index (χ0v) is 26.2. The number of hydrogen-bond donors (Lipinski definition) is 2. The van der Waals surface area contributed by atoms with Crippen LogP contribution in [0.2, 0.25) is 0 Å². The summed E-state index contributed by atoms with van der Waals surface area (Å²) in [7, 11) is 2.15. The van der Waals surface area contributed by atoms with E-state index in [0.29, 0.717) is 11.1 Å². The molecule has 0 spiro atoms. The first-order chi connectivity index (χ1) is 20.8. The first kappa shape index (κ1) is 30.5. The van der Waals surface area contributed by atoms with E-state index in [2.05, 4.69) is 69.7 Å². The summed E-state index contributed by atoms with van der Waals surface area (Å²) in [6, 6.07) is 10.4. The van der Waals surface area contributed by atoms with Crippen LogP contribution in [-0.4, -0.2) is 63.8 Å². The average Bonchev–Trinajstić information content (AvgIpc) is 3.43. The van der Waals surface area contributed by atoms with Gasteiger partial charge in [0, 0.05) is 61.6 Å². The van der Waals surface area contributed by atoms with Gasteiger partial charge in [-0.3, -0.25) is 14.3 Å². The van der Waals surface area contributed by atoms with Crippen molar-refractivity contribution in [1.29, 1.82) is 0 Å². The van der Waals surface area contributed by atoms with Crippen molar-refractivity contribution < 1.29 is 4.79 Å². The van der Waals surface area contributed by atoms with Crippen molar-refractivity contribution in [3.05, 3.63) is 75.5 Å². The molecule has 1 unspecified atom stereocenters. The number of carbonyl (C=O) groups excluding carboxylic acids is 1. The van der Waals surface area contributed by atoms with Crippen molar-refractivity contribution in [2.75, 3.05) is 38.1 Å². The van der Waals surface area contributed by atoms with Gasteiger partial charge in [-0.05, 0) is 80.8 Å². The molecule has 1 aliphatic heterocycles. The molecule has 1 amide bonds. The number of aromatic amines is 1. The van der Waals surface area contributed by atoms with Gasteiger partial charge in [0.1, 0.15) is 5.82 Å². The van der Waals surface area contributed by atoms with Gasteiger partial charge in [0.15, 0.2) is 0 Å². The second-order valence-corrected chi connectivity index (χ2v) is 11.9. The monoisotopic (exact) mass is 583 g/mol. The van der Waals surface area contributed by atoms with Crippen LogP contribution in [0.15, 0.2) is 47.5 Å². The Morgan fingerprint density at radius 3 is 2.60 bits per heavy atom. The summed E-state index contributed by atoms with van der Waals surface area (Å²) in [6.07, 6.45) is 8.61. The number of pyridine rings is 2. The molecular formula is C34H45N7O2. The van der Waals surface area contributed by atoms with Crippen molar-refractivity contribution in [2.45, 2.75) is 72.4 Å². The van der Waals surface area contributed by atoms with E-state index in [-0.39, 0.29) is 24.1 Å². The number of hydrogen-bond acceptors (Lipinski definition) is 6. The lowest BCUT2D eigenvalue weighted by atomic mass is 9.99. The lowest BCUT2D eigenvalue weighted by molar-refractivity contribution is 0.0952. The van der Waals surface area contributed by atoms with E-state index in [1.165, 1.54) is 0 Å². The molecule has 43 heavy (non-hydrogen) atoms. The molecule has 4 heterocycles. The summed E-state index contributed by atoms with van der Waals surface area (Å²) in [6.45, 7) is 12.4. The fraction of sp³-hybridized carbons (Fsp3) is 0.471. The van der Waals surface area contributed by atoms with Crippen LogP contribution in [0.5, 0.6) is 0 Å². The number of nitrogens with one attached hydrogen (secondary N) is 2. The van der Waals surface area contributed by atoms with Gasteiger partial charge in [0.05, 0.1) is 17.3 Å². The molecule has 1 aliphatic rings. The quantitative estimate of drug-likeness (QED) is 0.243. The number of benzene rings is 1. The maximum absolute atomic E-state index is 13.9. The van der Waals surface area contributed by atoms with E-state index in [1.54, 1.807) is 6.20 Å². The number of aryl methyl sites for hydroxylation is 2. The normalized spacial score (nSPS) is 14.8. The molecule has 1 saturated heterocycles. The summed E-state index contributed by atoms with van der Waals surface area (Å²) < 4.78 is 2.05. The predicted molar refractivity (Wildman–Crippen MR) is 174 cm³/mol. The van der Waals surface area contributed by atoms with E-state index in [0.717, 1.165) is 97.4 Å². The number of piperazine rings is 1. The van der Waals surface area contributed by atoms with Crippen molar-refractivity contribution in [2.24, 2.45) is 0 Å².